The first kappa shape index (κ1) is 98.2. The van der Waals surface area contributed by atoms with E-state index in [1.165, 1.54) is 0 Å². The Balaban J connectivity index is 0.749. The smallest absolute Gasteiger partial charge is 0.220 e. The quantitative estimate of drug-likeness (QED) is 0.0903. The predicted octanol–water partition coefficient (Wildman–Crippen LogP) is -22.4. The van der Waals surface area contributed by atoms with Crippen LogP contribution in [0.3, 0.4) is 0 Å². The summed E-state index contributed by atoms with van der Waals surface area (Å²) in [6.45, 7) is -11.3. The third-order valence-electron chi connectivity index (χ3n) is 20.8. The SMILES string of the molecule is OCC1O[C@@H]2OO[C@@H]3C(CO)O[C@H](OO[C@@H]4C(CO)O[C@H](OO[C@@H]5C(CO)O[C@H](OO[C@@H]6C(CO)O[C@H](OO[C@@H]7C(CO)O[C@H](OO[C@@H]8C(CO)O[C@H](OO[C@@H]9C(CO)O[C@H](OO[C@@H]%10C(CO)O[C@H](OO[C@@H]%11C(CO)O[C@H](OO[C@H]1[C@H](O)C2O)C(O)[C@H]%11O)C(O)[C@H]%10O)C(O)[C@H]9O)C(O)[C@H]8O)C(O)[C@H]7O)C(O)[C@H]6O)C(O)[C@H]5O)C(O)[C@H]4O)C(O)[C@H]3O. The first-order valence-electron chi connectivity index (χ1n) is 36.8. The molecule has 0 aromatic heterocycles. The summed E-state index contributed by atoms with van der Waals surface area (Å²) in [6.07, 6.45) is -106. The average molecular weight is 1780 g/mol. The van der Waals surface area contributed by atoms with Crippen LogP contribution >= 0.6 is 0 Å². The van der Waals surface area contributed by atoms with E-state index >= 15 is 0 Å². The summed E-state index contributed by atoms with van der Waals surface area (Å²) in [5.41, 5.74) is 0. The van der Waals surface area contributed by atoms with Crippen LogP contribution in [0.25, 0.3) is 0 Å². The van der Waals surface area contributed by atoms with E-state index in [9.17, 15) is 153 Å². The summed E-state index contributed by atoms with van der Waals surface area (Å²) < 4.78 is 54.7. The molecule has 38 aliphatic heterocycles. The Bertz CT molecular complexity index is 2350. The van der Waals surface area contributed by atoms with Gasteiger partial charge in [-0.25, -0.2) is 97.8 Å². The molecule has 38 aliphatic rings. The molecule has 0 aromatic rings. The number of hydrogen-bond donors (Lipinski definition) is 30. The van der Waals surface area contributed by atoms with Crippen molar-refractivity contribution >= 4 is 0 Å². The fourth-order valence-corrected chi connectivity index (χ4v) is 13.7. The highest BCUT2D eigenvalue weighted by molar-refractivity contribution is 4.99. The minimum absolute atomic E-state index is 1.13. The van der Waals surface area contributed by atoms with Gasteiger partial charge in [-0.2, -0.15) is 0 Å². The first-order valence-corrected chi connectivity index (χ1v) is 36.8. The lowest BCUT2D eigenvalue weighted by Crippen LogP contribution is -2.64. The molecule has 0 spiro atoms. The zero-order valence-corrected chi connectivity index (χ0v) is 61.6. The Morgan fingerprint density at radius 1 is 0.108 bits per heavy atom. The van der Waals surface area contributed by atoms with E-state index in [1.807, 2.05) is 0 Å². The Kier molecular flexibility index (Phi) is 36.2. The van der Waals surface area contributed by atoms with Gasteiger partial charge in [-0.1, -0.05) is 0 Å². The lowest BCUT2D eigenvalue weighted by Gasteiger charge is -2.45. The van der Waals surface area contributed by atoms with Gasteiger partial charge < -0.3 is 201 Å². The van der Waals surface area contributed by atoms with Gasteiger partial charge in [0.1, 0.15) is 244 Å². The molecule has 0 aliphatic carbocycles. The Morgan fingerprint density at radius 3 is 0.250 bits per heavy atom. The number of aliphatic hydroxyl groups is 30. The van der Waals surface area contributed by atoms with Gasteiger partial charge in [0, 0.05) is 0 Å². The van der Waals surface area contributed by atoms with Crippen molar-refractivity contribution in [3.63, 3.8) is 0 Å². The second kappa shape index (κ2) is 44.3. The third kappa shape index (κ3) is 21.2. The van der Waals surface area contributed by atoms with Crippen LogP contribution < -0.4 is 0 Å². The summed E-state index contributed by atoms with van der Waals surface area (Å²) in [7, 11) is 0. The Hall–Kier alpha value is -2.40. The van der Waals surface area contributed by atoms with Gasteiger partial charge in [0.25, 0.3) is 0 Å². The van der Waals surface area contributed by atoms with Crippen LogP contribution in [-0.2, 0) is 145 Å². The molecular formula is C60H100O60. The maximum Gasteiger partial charge on any atom is 0.220 e. The number of hydrogen-bond acceptors (Lipinski definition) is 60. The van der Waals surface area contributed by atoms with E-state index in [1.54, 1.807) is 0 Å². The van der Waals surface area contributed by atoms with Crippen LogP contribution in [0.1, 0.15) is 0 Å². The van der Waals surface area contributed by atoms with E-state index in [0.717, 1.165) is 0 Å². The van der Waals surface area contributed by atoms with Crippen molar-refractivity contribution in [3.05, 3.63) is 0 Å². The zero-order valence-electron chi connectivity index (χ0n) is 61.6. The standard InChI is InChI=1S/C60H100O60/c61-1-11-41-21(71)31(81)51(91-11)111-102-42-12(2-62)93-53(33(83)23(42)73)113-104-44-14(4-64)95-55(35(85)25(44)75)115-106-46-16(6-66)97-57(37(87)27(46)77)117-108-48-18(8-68)99-59(39(89)29(48)79)119-110-50-20(10-70)100-60(40(90)30(50)80)120-109-49-19(9-69)98-58(38(88)28(49)78)118-107-47-17(7-67)96-56(36(86)26(47)76)116-105-45-15(5-65)94-54(34(84)24(45)74)114-103-43-13(3-63)92-52(112-101-41)32(82)22(43)72/h11-90H,1-10H2/t11?,12?,13?,14?,15?,16?,17?,18?,19?,20?,21-,22-,23-,24-,25-,26-,27-,28-,29-,30-,31?,32?,33?,34?,35?,36?,37?,38?,39?,40?,41-,42-,43-,44-,45-,46-,47-,48-,49-,50-,51-,52-,53-,54-,55-,56-,57-,58-,59-,60-/m1/s1. The van der Waals surface area contributed by atoms with Gasteiger partial charge >= 0.3 is 0 Å². The van der Waals surface area contributed by atoms with Crippen molar-refractivity contribution in [1.29, 1.82) is 0 Å². The topological polar surface area (TPSA) is 884 Å². The lowest BCUT2D eigenvalue weighted by atomic mass is 9.99. The third-order valence-corrected chi connectivity index (χ3v) is 20.8. The van der Waals surface area contributed by atoms with Crippen molar-refractivity contribution in [2.24, 2.45) is 0 Å². The molecule has 60 heteroatoms. The second-order valence-electron chi connectivity index (χ2n) is 28.6. The maximum absolute atomic E-state index is 11.2. The summed E-state index contributed by atoms with van der Waals surface area (Å²) >= 11 is 0. The molecule has 120 heavy (non-hydrogen) atoms. The largest absolute Gasteiger partial charge is 0.394 e. The summed E-state index contributed by atoms with van der Waals surface area (Å²) in [5, 5.41) is 326. The molecule has 0 amide bonds. The van der Waals surface area contributed by atoms with Crippen molar-refractivity contribution in [2.45, 2.75) is 307 Å². The predicted molar refractivity (Wildman–Crippen MR) is 337 cm³/mol. The van der Waals surface area contributed by atoms with Gasteiger partial charge in [-0.3, -0.25) is 0 Å². The highest BCUT2D eigenvalue weighted by Crippen LogP contribution is 2.39. The molecule has 30 N–H and O–H groups in total. The Labute approximate surface area is 670 Å². The van der Waals surface area contributed by atoms with Crippen LogP contribution in [-0.4, -0.2) is 526 Å². The average Bonchev–Trinajstić information content (AvgIpc) is 0.794. The van der Waals surface area contributed by atoms with Crippen molar-refractivity contribution in [2.75, 3.05) is 66.1 Å². The van der Waals surface area contributed by atoms with E-state index < -0.39 is 373 Å². The molecule has 20 bridgehead atoms. The van der Waals surface area contributed by atoms with E-state index in [-0.39, 0.29) is 0 Å². The monoisotopic (exact) mass is 1780 g/mol. The molecule has 38 fully saturated rings. The van der Waals surface area contributed by atoms with Gasteiger partial charge in [0.15, 0.2) is 0 Å². The van der Waals surface area contributed by atoms with E-state index in [4.69, 9.17) is 145 Å². The summed E-state index contributed by atoms with van der Waals surface area (Å²) in [6, 6.07) is 0. The molecule has 0 radical (unpaired) electrons. The summed E-state index contributed by atoms with van der Waals surface area (Å²) in [5.74, 6) is 0. The minimum Gasteiger partial charge on any atom is -0.394 e. The van der Waals surface area contributed by atoms with Crippen LogP contribution in [0.5, 0.6) is 0 Å². The first-order chi connectivity index (χ1) is 57.4. The molecular weight excluding hydrogens is 1680 g/mol. The molecule has 20 unspecified atom stereocenters. The summed E-state index contributed by atoms with van der Waals surface area (Å²) in [4.78, 5) is 103. The van der Waals surface area contributed by atoms with Crippen molar-refractivity contribution in [1.82, 2.24) is 0 Å². The molecule has 38 heterocycles. The van der Waals surface area contributed by atoms with Gasteiger partial charge in [-0.05, 0) is 0 Å². The molecule has 700 valence electrons. The normalized spacial score (nSPS) is 52.8. The molecule has 0 aromatic carbocycles. The number of aliphatic hydroxyl groups excluding tert-OH is 30. The van der Waals surface area contributed by atoms with Crippen LogP contribution in [0.4, 0.5) is 0 Å². The van der Waals surface area contributed by atoms with E-state index in [0.29, 0.717) is 0 Å². The van der Waals surface area contributed by atoms with E-state index in [2.05, 4.69) is 0 Å². The molecule has 50 atom stereocenters. The minimum atomic E-state index is -2.30. The van der Waals surface area contributed by atoms with Crippen LogP contribution in [0.2, 0.25) is 0 Å². The fraction of sp³-hybridized carbons (Fsp3) is 1.00. The Morgan fingerprint density at radius 2 is 0.183 bits per heavy atom. The second-order valence-corrected chi connectivity index (χ2v) is 28.6. The van der Waals surface area contributed by atoms with Crippen molar-refractivity contribution in [3.8, 4) is 0 Å². The fourth-order valence-electron chi connectivity index (χ4n) is 13.7. The van der Waals surface area contributed by atoms with Gasteiger partial charge in [-0.15, -0.1) is 0 Å². The lowest BCUT2D eigenvalue weighted by molar-refractivity contribution is -0.515. The highest BCUT2D eigenvalue weighted by atomic mass is 17.3. The highest BCUT2D eigenvalue weighted by Gasteiger charge is 2.60. The number of rotatable bonds is 10. The maximum atomic E-state index is 11.2. The van der Waals surface area contributed by atoms with Gasteiger partial charge in [0.05, 0.1) is 66.1 Å². The molecule has 38 rings (SSSR count). The van der Waals surface area contributed by atoms with Gasteiger partial charge in [0.2, 0.25) is 62.9 Å². The molecule has 0 saturated carbocycles. The molecule has 60 nitrogen and oxygen atoms in total. The molecule has 38 saturated heterocycles. The van der Waals surface area contributed by atoms with Crippen molar-refractivity contribution < 1.29 is 298 Å². The van der Waals surface area contributed by atoms with Crippen LogP contribution in [0, 0.1) is 0 Å². The van der Waals surface area contributed by atoms with Crippen LogP contribution in [0.15, 0.2) is 0 Å². The number of ether oxygens (including phenoxy) is 10. The zero-order chi connectivity index (χ0) is 87.2.